The summed E-state index contributed by atoms with van der Waals surface area (Å²) in [5.41, 5.74) is 1.89. The van der Waals surface area contributed by atoms with Crippen LogP contribution in [0.15, 0.2) is 100 Å². The Balaban J connectivity index is 2.11. The maximum Gasteiger partial charge on any atom is 0.346 e. The average Bonchev–Trinajstić information content (AvgIpc) is 2.80. The van der Waals surface area contributed by atoms with Crippen molar-refractivity contribution in [1.29, 1.82) is 0 Å². The van der Waals surface area contributed by atoms with Crippen molar-refractivity contribution in [2.24, 2.45) is 0 Å². The summed E-state index contributed by atoms with van der Waals surface area (Å²) in [6.07, 6.45) is 0. The Labute approximate surface area is 174 Å². The van der Waals surface area contributed by atoms with Crippen LogP contribution in [0, 0.1) is 0 Å². The Morgan fingerprint density at radius 3 is 1.70 bits per heavy atom. The molecular weight excluding hydrogens is 376 g/mol. The summed E-state index contributed by atoms with van der Waals surface area (Å²) in [4.78, 5) is 26.5. The van der Waals surface area contributed by atoms with Crippen molar-refractivity contribution in [3.05, 3.63) is 107 Å². The standard InChI is InChI=1S/C26H20O4/c1-2-29-26(28)22-23(27)21(18-12-6-3-7-13-18)24(19-14-8-4-9-15-19)30-25(22)20-16-10-5-11-17-20/h3-17H,2H2,1H3. The molecule has 0 saturated carbocycles. The molecule has 0 fully saturated rings. The summed E-state index contributed by atoms with van der Waals surface area (Å²) in [6.45, 7) is 1.87. The van der Waals surface area contributed by atoms with Crippen LogP contribution in [-0.2, 0) is 4.74 Å². The van der Waals surface area contributed by atoms with Crippen molar-refractivity contribution in [1.82, 2.24) is 0 Å². The van der Waals surface area contributed by atoms with E-state index in [1.54, 1.807) is 19.1 Å². The molecule has 0 amide bonds. The first-order valence-corrected chi connectivity index (χ1v) is 9.75. The second-order valence-corrected chi connectivity index (χ2v) is 6.66. The number of carbonyl (C=O) groups excluding carboxylic acids is 1. The van der Waals surface area contributed by atoms with Crippen LogP contribution in [0.4, 0.5) is 0 Å². The lowest BCUT2D eigenvalue weighted by Crippen LogP contribution is -2.21. The Morgan fingerprint density at radius 1 is 0.733 bits per heavy atom. The van der Waals surface area contributed by atoms with Crippen molar-refractivity contribution in [2.75, 3.05) is 6.61 Å². The van der Waals surface area contributed by atoms with Crippen molar-refractivity contribution in [3.63, 3.8) is 0 Å². The first-order chi connectivity index (χ1) is 14.7. The van der Waals surface area contributed by atoms with Gasteiger partial charge in [-0.2, -0.15) is 0 Å². The predicted molar refractivity (Wildman–Crippen MR) is 117 cm³/mol. The minimum Gasteiger partial charge on any atom is -0.462 e. The van der Waals surface area contributed by atoms with Gasteiger partial charge in [0.1, 0.15) is 5.76 Å². The SMILES string of the molecule is CCOC(=O)c1c(-c2ccccc2)oc(-c2ccccc2)c(-c2ccccc2)c1=O. The molecule has 0 aliphatic carbocycles. The number of benzene rings is 3. The van der Waals surface area contributed by atoms with E-state index >= 15 is 0 Å². The fourth-order valence-electron chi connectivity index (χ4n) is 3.38. The fourth-order valence-corrected chi connectivity index (χ4v) is 3.38. The van der Waals surface area contributed by atoms with Gasteiger partial charge in [-0.3, -0.25) is 4.79 Å². The van der Waals surface area contributed by atoms with E-state index < -0.39 is 11.4 Å². The molecule has 3 aromatic carbocycles. The maximum absolute atomic E-state index is 13.7. The van der Waals surface area contributed by atoms with E-state index in [0.717, 1.165) is 5.56 Å². The van der Waals surface area contributed by atoms with Gasteiger partial charge in [0.05, 0.1) is 12.2 Å². The van der Waals surface area contributed by atoms with E-state index in [1.807, 2.05) is 78.9 Å². The van der Waals surface area contributed by atoms with Crippen molar-refractivity contribution >= 4 is 5.97 Å². The molecule has 0 N–H and O–H groups in total. The highest BCUT2D eigenvalue weighted by Gasteiger charge is 2.27. The van der Waals surface area contributed by atoms with Crippen LogP contribution in [0.5, 0.6) is 0 Å². The highest BCUT2D eigenvalue weighted by atomic mass is 16.5. The largest absolute Gasteiger partial charge is 0.462 e. The minimum absolute atomic E-state index is 0.0958. The Morgan fingerprint density at radius 2 is 1.20 bits per heavy atom. The minimum atomic E-state index is -0.693. The van der Waals surface area contributed by atoms with Gasteiger partial charge in [-0.05, 0) is 12.5 Å². The predicted octanol–water partition coefficient (Wildman–Crippen LogP) is 5.82. The van der Waals surface area contributed by atoms with Crippen LogP contribution >= 0.6 is 0 Å². The molecule has 0 aliphatic rings. The van der Waals surface area contributed by atoms with Crippen LogP contribution < -0.4 is 5.43 Å². The summed E-state index contributed by atoms with van der Waals surface area (Å²) >= 11 is 0. The van der Waals surface area contributed by atoms with Gasteiger partial charge >= 0.3 is 5.97 Å². The molecule has 0 unspecified atom stereocenters. The third-order valence-corrected chi connectivity index (χ3v) is 4.73. The molecule has 0 atom stereocenters. The zero-order valence-electron chi connectivity index (χ0n) is 16.5. The van der Waals surface area contributed by atoms with Gasteiger partial charge < -0.3 is 9.15 Å². The van der Waals surface area contributed by atoms with Crippen LogP contribution in [0.3, 0.4) is 0 Å². The summed E-state index contributed by atoms with van der Waals surface area (Å²) in [5, 5.41) is 0. The van der Waals surface area contributed by atoms with E-state index in [-0.39, 0.29) is 17.9 Å². The van der Waals surface area contributed by atoms with Gasteiger partial charge in [-0.15, -0.1) is 0 Å². The van der Waals surface area contributed by atoms with E-state index in [4.69, 9.17) is 9.15 Å². The molecule has 30 heavy (non-hydrogen) atoms. The molecule has 4 rings (SSSR count). The second kappa shape index (κ2) is 8.62. The summed E-state index contributed by atoms with van der Waals surface area (Å²) in [7, 11) is 0. The van der Waals surface area contributed by atoms with E-state index in [9.17, 15) is 9.59 Å². The molecule has 148 valence electrons. The van der Waals surface area contributed by atoms with Crippen LogP contribution in [0.25, 0.3) is 33.8 Å². The number of hydrogen-bond donors (Lipinski definition) is 0. The quantitative estimate of drug-likeness (QED) is 0.399. The molecule has 0 bridgehead atoms. The molecule has 0 radical (unpaired) electrons. The fraction of sp³-hybridized carbons (Fsp3) is 0.0769. The smallest absolute Gasteiger partial charge is 0.346 e. The average molecular weight is 396 g/mol. The Hall–Kier alpha value is -3.92. The van der Waals surface area contributed by atoms with Gasteiger partial charge in [0.25, 0.3) is 0 Å². The maximum atomic E-state index is 13.7. The molecule has 4 nitrogen and oxygen atoms in total. The van der Waals surface area contributed by atoms with E-state index in [0.29, 0.717) is 22.5 Å². The normalized spacial score (nSPS) is 10.6. The summed E-state index contributed by atoms with van der Waals surface area (Å²) < 4.78 is 11.5. The topological polar surface area (TPSA) is 56.5 Å². The van der Waals surface area contributed by atoms with Crippen LogP contribution in [0.2, 0.25) is 0 Å². The second-order valence-electron chi connectivity index (χ2n) is 6.66. The van der Waals surface area contributed by atoms with Crippen molar-refractivity contribution < 1.29 is 13.9 Å². The summed E-state index contributed by atoms with van der Waals surface area (Å²) in [6, 6.07) is 27.8. The number of ether oxygens (including phenoxy) is 1. The molecular formula is C26H20O4. The third-order valence-electron chi connectivity index (χ3n) is 4.73. The highest BCUT2D eigenvalue weighted by molar-refractivity contribution is 5.98. The zero-order valence-corrected chi connectivity index (χ0v) is 16.5. The number of hydrogen-bond acceptors (Lipinski definition) is 4. The van der Waals surface area contributed by atoms with Crippen LogP contribution in [0.1, 0.15) is 17.3 Å². The first-order valence-electron chi connectivity index (χ1n) is 9.75. The molecule has 0 aliphatic heterocycles. The van der Waals surface area contributed by atoms with Gasteiger partial charge in [-0.1, -0.05) is 91.0 Å². The first kappa shape index (κ1) is 19.4. The third kappa shape index (κ3) is 3.67. The monoisotopic (exact) mass is 396 g/mol. The van der Waals surface area contributed by atoms with Crippen molar-refractivity contribution in [3.8, 4) is 33.8 Å². The molecule has 0 saturated heterocycles. The molecule has 1 aromatic heterocycles. The zero-order chi connectivity index (χ0) is 20.9. The highest BCUT2D eigenvalue weighted by Crippen LogP contribution is 2.35. The van der Waals surface area contributed by atoms with Gasteiger partial charge in [0.2, 0.25) is 5.43 Å². The number of esters is 1. The van der Waals surface area contributed by atoms with E-state index in [1.165, 1.54) is 0 Å². The summed E-state index contributed by atoms with van der Waals surface area (Å²) in [5.74, 6) is -0.0711. The lowest BCUT2D eigenvalue weighted by atomic mass is 9.96. The molecule has 0 spiro atoms. The lowest BCUT2D eigenvalue weighted by molar-refractivity contribution is 0.0523. The number of carbonyl (C=O) groups is 1. The lowest BCUT2D eigenvalue weighted by Gasteiger charge is -2.15. The Bertz CT molecular complexity index is 1210. The number of rotatable bonds is 5. The van der Waals surface area contributed by atoms with Gasteiger partial charge in [0, 0.05) is 11.1 Å². The van der Waals surface area contributed by atoms with Crippen molar-refractivity contribution in [2.45, 2.75) is 6.92 Å². The molecule has 4 heteroatoms. The molecule has 1 heterocycles. The molecule has 4 aromatic rings. The Kier molecular flexibility index (Phi) is 5.57. The van der Waals surface area contributed by atoms with Crippen LogP contribution in [-0.4, -0.2) is 12.6 Å². The van der Waals surface area contributed by atoms with Gasteiger partial charge in [-0.25, -0.2) is 4.79 Å². The van der Waals surface area contributed by atoms with Gasteiger partial charge in [0.15, 0.2) is 11.3 Å². The van der Waals surface area contributed by atoms with E-state index in [2.05, 4.69) is 0 Å².